The Morgan fingerprint density at radius 1 is 1.30 bits per heavy atom. The van der Waals surface area contributed by atoms with E-state index < -0.39 is 10.0 Å². The van der Waals surface area contributed by atoms with Crippen LogP contribution < -0.4 is 0 Å². The fraction of sp³-hybridized carbons (Fsp3) is 0.571. The lowest BCUT2D eigenvalue weighted by Gasteiger charge is -2.17. The molecule has 0 spiro atoms. The van der Waals surface area contributed by atoms with Crippen LogP contribution in [0.25, 0.3) is 0 Å². The monoisotopic (exact) mass is 361 g/mol. The van der Waals surface area contributed by atoms with Crippen molar-refractivity contribution in [3.8, 4) is 0 Å². The van der Waals surface area contributed by atoms with E-state index >= 15 is 0 Å². The Morgan fingerprint density at radius 3 is 2.50 bits per heavy atom. The average Bonchev–Trinajstić information content (AvgIpc) is 3.27. The smallest absolute Gasteiger partial charge is 0.242 e. The van der Waals surface area contributed by atoms with Crippen LogP contribution in [0.1, 0.15) is 18.4 Å². The SMILES string of the molecule is CN(CCOCC1CC1)S(=O)(=O)c1ccc(CBr)cc1. The number of sulfonamides is 1. The number of likely N-dealkylation sites (N-methyl/N-ethyl adjacent to an activating group) is 1. The first kappa shape index (κ1) is 15.9. The van der Waals surface area contributed by atoms with Crippen LogP contribution >= 0.6 is 15.9 Å². The third kappa shape index (κ3) is 4.28. The van der Waals surface area contributed by atoms with E-state index in [9.17, 15) is 8.42 Å². The van der Waals surface area contributed by atoms with Crippen molar-refractivity contribution in [2.45, 2.75) is 23.1 Å². The fourth-order valence-corrected chi connectivity index (χ4v) is 3.31. The molecule has 6 heteroatoms. The molecule has 0 N–H and O–H groups in total. The molecule has 1 aliphatic rings. The van der Waals surface area contributed by atoms with E-state index in [1.54, 1.807) is 19.2 Å². The fourth-order valence-electron chi connectivity index (χ4n) is 1.78. The molecule has 0 unspecified atom stereocenters. The first-order valence-electron chi connectivity index (χ1n) is 6.73. The topological polar surface area (TPSA) is 46.6 Å². The van der Waals surface area contributed by atoms with E-state index in [1.807, 2.05) is 12.1 Å². The van der Waals surface area contributed by atoms with Crippen molar-refractivity contribution in [1.29, 1.82) is 0 Å². The largest absolute Gasteiger partial charge is 0.380 e. The molecular weight excluding hydrogens is 342 g/mol. The molecular formula is C14H20BrNO3S. The first-order chi connectivity index (χ1) is 9.54. The van der Waals surface area contributed by atoms with Gasteiger partial charge in [0.1, 0.15) is 0 Å². The normalized spacial score (nSPS) is 15.8. The van der Waals surface area contributed by atoms with Gasteiger partial charge in [-0.25, -0.2) is 8.42 Å². The van der Waals surface area contributed by atoms with Gasteiger partial charge in [0.05, 0.1) is 11.5 Å². The van der Waals surface area contributed by atoms with Crippen LogP contribution in [-0.2, 0) is 20.1 Å². The molecule has 0 aliphatic heterocycles. The molecule has 0 heterocycles. The van der Waals surface area contributed by atoms with Gasteiger partial charge in [-0.2, -0.15) is 4.31 Å². The predicted octanol–water partition coefficient (Wildman–Crippen LogP) is 2.63. The predicted molar refractivity (Wildman–Crippen MR) is 82.4 cm³/mol. The van der Waals surface area contributed by atoms with Crippen molar-refractivity contribution in [2.75, 3.05) is 26.8 Å². The van der Waals surface area contributed by atoms with E-state index in [0.717, 1.165) is 17.5 Å². The minimum Gasteiger partial charge on any atom is -0.380 e. The van der Waals surface area contributed by atoms with Gasteiger partial charge in [-0.15, -0.1) is 0 Å². The summed E-state index contributed by atoms with van der Waals surface area (Å²) >= 11 is 3.34. The van der Waals surface area contributed by atoms with Crippen LogP contribution in [0.3, 0.4) is 0 Å². The van der Waals surface area contributed by atoms with Crippen LogP contribution in [0, 0.1) is 5.92 Å². The lowest BCUT2D eigenvalue weighted by Crippen LogP contribution is -2.30. The molecule has 1 saturated carbocycles. The lowest BCUT2D eigenvalue weighted by molar-refractivity contribution is 0.117. The molecule has 0 radical (unpaired) electrons. The molecule has 1 aliphatic carbocycles. The molecule has 1 aromatic rings. The summed E-state index contributed by atoms with van der Waals surface area (Å²) in [5, 5.41) is 0.720. The minimum absolute atomic E-state index is 0.326. The third-order valence-electron chi connectivity index (χ3n) is 3.39. The van der Waals surface area contributed by atoms with E-state index in [1.165, 1.54) is 17.1 Å². The van der Waals surface area contributed by atoms with Gasteiger partial charge >= 0.3 is 0 Å². The molecule has 0 bridgehead atoms. The number of halogens is 1. The van der Waals surface area contributed by atoms with E-state index in [0.29, 0.717) is 24.0 Å². The van der Waals surface area contributed by atoms with Crippen LogP contribution in [0.15, 0.2) is 29.2 Å². The van der Waals surface area contributed by atoms with Crippen molar-refractivity contribution in [3.63, 3.8) is 0 Å². The maximum absolute atomic E-state index is 12.3. The second-order valence-electron chi connectivity index (χ2n) is 5.12. The number of ether oxygens (including phenoxy) is 1. The van der Waals surface area contributed by atoms with Crippen molar-refractivity contribution in [1.82, 2.24) is 4.31 Å². The summed E-state index contributed by atoms with van der Waals surface area (Å²) in [6.45, 7) is 1.59. The molecule has 0 atom stereocenters. The highest BCUT2D eigenvalue weighted by Crippen LogP contribution is 2.28. The van der Waals surface area contributed by atoms with Crippen LogP contribution in [0.4, 0.5) is 0 Å². The summed E-state index contributed by atoms with van der Waals surface area (Å²) in [7, 11) is -1.82. The van der Waals surface area contributed by atoms with Gasteiger partial charge < -0.3 is 4.74 Å². The van der Waals surface area contributed by atoms with E-state index in [-0.39, 0.29) is 0 Å². The maximum Gasteiger partial charge on any atom is 0.242 e. The van der Waals surface area contributed by atoms with E-state index in [2.05, 4.69) is 15.9 Å². The Labute approximate surface area is 129 Å². The number of hydrogen-bond acceptors (Lipinski definition) is 3. The Bertz CT molecular complexity index is 526. The Hall–Kier alpha value is -0.430. The van der Waals surface area contributed by atoms with Gasteiger partial charge in [-0.3, -0.25) is 0 Å². The highest BCUT2D eigenvalue weighted by atomic mass is 79.9. The molecule has 1 fully saturated rings. The quantitative estimate of drug-likeness (QED) is 0.528. The van der Waals surface area contributed by atoms with Crippen LogP contribution in [0.2, 0.25) is 0 Å². The Morgan fingerprint density at radius 2 is 1.95 bits per heavy atom. The molecule has 1 aromatic carbocycles. The Balaban J connectivity index is 1.89. The number of nitrogens with zero attached hydrogens (tertiary/aromatic N) is 1. The molecule has 0 aromatic heterocycles. The molecule has 0 amide bonds. The maximum atomic E-state index is 12.3. The minimum atomic E-state index is -3.41. The van der Waals surface area contributed by atoms with Crippen LogP contribution in [-0.4, -0.2) is 39.5 Å². The van der Waals surface area contributed by atoms with Crippen LogP contribution in [0.5, 0.6) is 0 Å². The van der Waals surface area contributed by atoms with Gasteiger partial charge in [0.25, 0.3) is 0 Å². The summed E-state index contributed by atoms with van der Waals surface area (Å²) in [4.78, 5) is 0.326. The zero-order valence-corrected chi connectivity index (χ0v) is 14.0. The summed E-state index contributed by atoms with van der Waals surface area (Å²) < 4.78 is 31.5. The van der Waals surface area contributed by atoms with Crippen molar-refractivity contribution >= 4 is 26.0 Å². The van der Waals surface area contributed by atoms with Gasteiger partial charge in [0.2, 0.25) is 10.0 Å². The average molecular weight is 362 g/mol. The summed E-state index contributed by atoms with van der Waals surface area (Å²) in [6, 6.07) is 6.93. The Kier molecular flexibility index (Phi) is 5.60. The van der Waals surface area contributed by atoms with Gasteiger partial charge in [-0.05, 0) is 36.5 Å². The lowest BCUT2D eigenvalue weighted by atomic mass is 10.2. The van der Waals surface area contributed by atoms with Crippen molar-refractivity contribution in [3.05, 3.63) is 29.8 Å². The molecule has 4 nitrogen and oxygen atoms in total. The second kappa shape index (κ2) is 7.02. The second-order valence-corrected chi connectivity index (χ2v) is 7.73. The highest BCUT2D eigenvalue weighted by Gasteiger charge is 2.22. The molecule has 112 valence electrons. The summed E-state index contributed by atoms with van der Waals surface area (Å²) in [5.74, 6) is 0.703. The van der Waals surface area contributed by atoms with E-state index in [4.69, 9.17) is 4.74 Å². The number of benzene rings is 1. The van der Waals surface area contributed by atoms with Gasteiger partial charge in [-0.1, -0.05) is 28.1 Å². The summed E-state index contributed by atoms with van der Waals surface area (Å²) in [6.07, 6.45) is 2.49. The van der Waals surface area contributed by atoms with Crippen molar-refractivity contribution < 1.29 is 13.2 Å². The zero-order valence-electron chi connectivity index (χ0n) is 11.6. The molecule has 0 saturated heterocycles. The molecule has 2 rings (SSSR count). The number of alkyl halides is 1. The van der Waals surface area contributed by atoms with Gasteiger partial charge in [0, 0.05) is 25.5 Å². The van der Waals surface area contributed by atoms with Crippen molar-refractivity contribution in [2.24, 2.45) is 5.92 Å². The first-order valence-corrected chi connectivity index (χ1v) is 9.29. The summed E-state index contributed by atoms with van der Waals surface area (Å²) in [5.41, 5.74) is 1.05. The zero-order chi connectivity index (χ0) is 14.6. The number of rotatable bonds is 8. The standard InChI is InChI=1S/C14H20BrNO3S/c1-16(8-9-19-11-13-2-3-13)20(17,18)14-6-4-12(10-15)5-7-14/h4-7,13H,2-3,8-11H2,1H3. The third-order valence-corrected chi connectivity index (χ3v) is 5.91. The van der Waals surface area contributed by atoms with Gasteiger partial charge in [0.15, 0.2) is 0 Å². The highest BCUT2D eigenvalue weighted by molar-refractivity contribution is 9.08. The number of hydrogen-bond donors (Lipinski definition) is 0. The molecule has 20 heavy (non-hydrogen) atoms.